The molecule has 1 heterocycles. The Bertz CT molecular complexity index is 839. The fourth-order valence-electron chi connectivity index (χ4n) is 6.57. The molecule has 0 saturated carbocycles. The number of imidazole rings is 1. The van der Waals surface area contributed by atoms with Crippen LogP contribution in [0, 0.1) is 0 Å². The maximum absolute atomic E-state index is 5.17. The highest BCUT2D eigenvalue weighted by Crippen LogP contribution is 2.17. The van der Waals surface area contributed by atoms with Crippen molar-refractivity contribution in [2.45, 2.75) is 207 Å². The largest absolute Gasteiger partial charge is 0.335 e. The van der Waals surface area contributed by atoms with Gasteiger partial charge in [0.05, 0.1) is 5.69 Å². The number of aryl methyl sites for hydroxylation is 4. The van der Waals surface area contributed by atoms with Crippen LogP contribution >= 0.6 is 0 Å². The van der Waals surface area contributed by atoms with E-state index in [4.69, 9.17) is 4.98 Å². The first kappa shape index (κ1) is 37.6. The molecular weight excluding hydrogens is 520 g/mol. The van der Waals surface area contributed by atoms with Crippen LogP contribution in [0.25, 0.3) is 0 Å². The van der Waals surface area contributed by atoms with Crippen molar-refractivity contribution in [3.63, 3.8) is 0 Å². The lowest BCUT2D eigenvalue weighted by Gasteiger charge is -2.08. The molecule has 0 saturated heterocycles. The van der Waals surface area contributed by atoms with Gasteiger partial charge in [-0.1, -0.05) is 192 Å². The third-order valence-electron chi connectivity index (χ3n) is 9.41. The van der Waals surface area contributed by atoms with Crippen LogP contribution in [0.15, 0.2) is 36.5 Å². The Labute approximate surface area is 269 Å². The van der Waals surface area contributed by atoms with Crippen LogP contribution in [0.1, 0.15) is 198 Å². The lowest BCUT2D eigenvalue weighted by Crippen LogP contribution is -2.03. The molecule has 0 N–H and O–H groups in total. The lowest BCUT2D eigenvalue weighted by atomic mass is 10.0. The van der Waals surface area contributed by atoms with Crippen molar-refractivity contribution in [3.05, 3.63) is 53.6 Å². The van der Waals surface area contributed by atoms with E-state index in [-0.39, 0.29) is 0 Å². The summed E-state index contributed by atoms with van der Waals surface area (Å²) in [4.78, 5) is 5.17. The fourth-order valence-corrected chi connectivity index (χ4v) is 6.57. The van der Waals surface area contributed by atoms with Gasteiger partial charge >= 0.3 is 0 Å². The van der Waals surface area contributed by atoms with Crippen LogP contribution in [0.4, 0.5) is 0 Å². The van der Waals surface area contributed by atoms with Gasteiger partial charge in [0.2, 0.25) is 0 Å². The monoisotopic (exact) mass is 593 g/mol. The van der Waals surface area contributed by atoms with E-state index in [2.05, 4.69) is 54.9 Å². The van der Waals surface area contributed by atoms with Gasteiger partial charge < -0.3 is 4.57 Å². The first-order valence-electron chi connectivity index (χ1n) is 19.4. The Morgan fingerprint density at radius 2 is 0.884 bits per heavy atom. The number of hydrogen-bond donors (Lipinski definition) is 0. The average molecular weight is 593 g/mol. The molecular formula is C41H72N2. The summed E-state index contributed by atoms with van der Waals surface area (Å²) in [5, 5.41) is 0. The summed E-state index contributed by atoms with van der Waals surface area (Å²) in [6, 6.07) is 10.9. The van der Waals surface area contributed by atoms with Gasteiger partial charge in [0.15, 0.2) is 0 Å². The number of benzene rings is 1. The van der Waals surface area contributed by atoms with E-state index in [0.29, 0.717) is 0 Å². The third kappa shape index (κ3) is 20.9. The molecule has 0 aliphatic carbocycles. The number of hydrogen-bond acceptors (Lipinski definition) is 1. The Balaban J connectivity index is 1.61. The van der Waals surface area contributed by atoms with Gasteiger partial charge in [-0.25, -0.2) is 4.98 Å². The zero-order valence-corrected chi connectivity index (χ0v) is 29.1. The van der Waals surface area contributed by atoms with Gasteiger partial charge in [-0.3, -0.25) is 0 Å². The molecule has 0 unspecified atom stereocenters. The van der Waals surface area contributed by atoms with Gasteiger partial charge in [-0.05, 0) is 37.7 Å². The SMILES string of the molecule is CCCCCCCCCCCCCCCCc1nc(CCCc2ccccc2)cn1CCCCCCCCCCCCC. The van der Waals surface area contributed by atoms with Crippen molar-refractivity contribution in [2.24, 2.45) is 0 Å². The van der Waals surface area contributed by atoms with E-state index in [1.807, 2.05) is 0 Å². The van der Waals surface area contributed by atoms with E-state index in [1.165, 1.54) is 184 Å². The molecule has 246 valence electrons. The Kier molecular flexibility index (Phi) is 24.4. The fraction of sp³-hybridized carbons (Fsp3) is 0.780. The van der Waals surface area contributed by atoms with Crippen LogP contribution in [0.5, 0.6) is 0 Å². The van der Waals surface area contributed by atoms with Crippen molar-refractivity contribution in [1.29, 1.82) is 0 Å². The molecule has 0 atom stereocenters. The van der Waals surface area contributed by atoms with Gasteiger partial charge in [0.25, 0.3) is 0 Å². The number of unbranched alkanes of at least 4 members (excludes halogenated alkanes) is 23. The minimum Gasteiger partial charge on any atom is -0.335 e. The predicted octanol–water partition coefficient (Wildman–Crippen LogP) is 13.4. The molecule has 0 aliphatic heterocycles. The topological polar surface area (TPSA) is 17.8 Å². The van der Waals surface area contributed by atoms with E-state index < -0.39 is 0 Å². The van der Waals surface area contributed by atoms with Crippen LogP contribution in [-0.2, 0) is 25.8 Å². The summed E-state index contributed by atoms with van der Waals surface area (Å²) >= 11 is 0. The maximum Gasteiger partial charge on any atom is 0.108 e. The average Bonchev–Trinajstić information content (AvgIpc) is 3.41. The van der Waals surface area contributed by atoms with Crippen LogP contribution in [0.3, 0.4) is 0 Å². The molecule has 0 radical (unpaired) electrons. The van der Waals surface area contributed by atoms with E-state index in [1.54, 1.807) is 0 Å². The molecule has 0 fully saturated rings. The molecule has 1 aromatic heterocycles. The first-order chi connectivity index (χ1) is 21.3. The van der Waals surface area contributed by atoms with E-state index >= 15 is 0 Å². The van der Waals surface area contributed by atoms with Crippen LogP contribution < -0.4 is 0 Å². The van der Waals surface area contributed by atoms with Crippen molar-refractivity contribution in [1.82, 2.24) is 9.55 Å². The molecule has 0 bridgehead atoms. The van der Waals surface area contributed by atoms with Crippen LogP contribution in [-0.4, -0.2) is 9.55 Å². The number of nitrogens with zero attached hydrogens (tertiary/aromatic N) is 2. The van der Waals surface area contributed by atoms with E-state index in [0.717, 1.165) is 25.8 Å². The maximum atomic E-state index is 5.17. The van der Waals surface area contributed by atoms with Gasteiger partial charge in [0, 0.05) is 19.2 Å². The van der Waals surface area contributed by atoms with Crippen molar-refractivity contribution >= 4 is 0 Å². The van der Waals surface area contributed by atoms with Crippen molar-refractivity contribution in [2.75, 3.05) is 0 Å². The van der Waals surface area contributed by atoms with Gasteiger partial charge in [-0.15, -0.1) is 0 Å². The lowest BCUT2D eigenvalue weighted by molar-refractivity contribution is 0.518. The molecule has 2 heteroatoms. The van der Waals surface area contributed by atoms with Gasteiger partial charge in [0.1, 0.15) is 5.82 Å². The second-order valence-electron chi connectivity index (χ2n) is 13.6. The zero-order valence-electron chi connectivity index (χ0n) is 29.1. The van der Waals surface area contributed by atoms with Crippen LogP contribution in [0.2, 0.25) is 0 Å². The molecule has 2 aromatic rings. The second-order valence-corrected chi connectivity index (χ2v) is 13.6. The number of aromatic nitrogens is 2. The third-order valence-corrected chi connectivity index (χ3v) is 9.41. The first-order valence-corrected chi connectivity index (χ1v) is 19.4. The van der Waals surface area contributed by atoms with E-state index in [9.17, 15) is 0 Å². The predicted molar refractivity (Wildman–Crippen MR) is 191 cm³/mol. The molecule has 2 nitrogen and oxygen atoms in total. The smallest absolute Gasteiger partial charge is 0.108 e. The molecule has 43 heavy (non-hydrogen) atoms. The summed E-state index contributed by atoms with van der Waals surface area (Å²) < 4.78 is 2.54. The van der Waals surface area contributed by atoms with Crippen molar-refractivity contribution < 1.29 is 0 Å². The summed E-state index contributed by atoms with van der Waals surface area (Å²) in [7, 11) is 0. The standard InChI is InChI=1S/C41H72N2/c1-3-5-7-9-11-13-15-16-17-18-20-22-24-29-36-41-42-40(35-31-34-39-32-27-26-28-33-39)38-43(41)37-30-25-23-21-19-14-12-10-8-6-4-2/h26-28,32-33,38H,3-25,29-31,34-37H2,1-2H3. The Hall–Kier alpha value is -1.57. The highest BCUT2D eigenvalue weighted by atomic mass is 15.1. The highest BCUT2D eigenvalue weighted by Gasteiger charge is 2.09. The summed E-state index contributed by atoms with van der Waals surface area (Å²) in [5.74, 6) is 1.36. The molecule has 0 aliphatic rings. The normalized spacial score (nSPS) is 11.5. The highest BCUT2D eigenvalue weighted by molar-refractivity contribution is 5.15. The minimum atomic E-state index is 1.10. The Morgan fingerprint density at radius 3 is 1.37 bits per heavy atom. The molecule has 0 spiro atoms. The summed E-state index contributed by atoms with van der Waals surface area (Å²) in [6.45, 7) is 5.77. The molecule has 2 rings (SSSR count). The zero-order chi connectivity index (χ0) is 30.5. The summed E-state index contributed by atoms with van der Waals surface area (Å²) in [5.41, 5.74) is 2.77. The van der Waals surface area contributed by atoms with Gasteiger partial charge in [-0.2, -0.15) is 0 Å². The Morgan fingerprint density at radius 1 is 0.442 bits per heavy atom. The quantitative estimate of drug-likeness (QED) is 0.0796. The van der Waals surface area contributed by atoms with Crippen molar-refractivity contribution in [3.8, 4) is 0 Å². The minimum absolute atomic E-state index is 1.10. The molecule has 1 aromatic carbocycles. The molecule has 0 amide bonds. The second kappa shape index (κ2) is 27.9. The summed E-state index contributed by atoms with van der Waals surface area (Å²) in [6.07, 6.45) is 42.4. The number of rotatable bonds is 31.